The maximum absolute atomic E-state index is 12.8. The van der Waals surface area contributed by atoms with E-state index in [1.807, 2.05) is 12.1 Å². The van der Waals surface area contributed by atoms with Gasteiger partial charge in [0.25, 0.3) is 10.0 Å². The predicted octanol–water partition coefficient (Wildman–Crippen LogP) is 4.89. The minimum Gasteiger partial charge on any atom is -0.497 e. The van der Waals surface area contributed by atoms with Crippen LogP contribution in [0, 0.1) is 0 Å². The highest BCUT2D eigenvalue weighted by Gasteiger charge is 2.17. The van der Waals surface area contributed by atoms with Crippen molar-refractivity contribution in [2.45, 2.75) is 9.79 Å². The second kappa shape index (κ2) is 10.6. The molecule has 32 heavy (non-hydrogen) atoms. The van der Waals surface area contributed by atoms with Crippen molar-refractivity contribution in [2.75, 3.05) is 30.0 Å². The van der Waals surface area contributed by atoms with Crippen LogP contribution in [0.25, 0.3) is 0 Å². The van der Waals surface area contributed by atoms with Gasteiger partial charge in [0.2, 0.25) is 5.91 Å². The number of carbonyl (C=O) groups excluding carboxylic acids is 1. The zero-order valence-corrected chi connectivity index (χ0v) is 19.7. The fraction of sp³-hybridized carbons (Fsp3) is 0.136. The lowest BCUT2D eigenvalue weighted by molar-refractivity contribution is -0.113. The van der Waals surface area contributed by atoms with Gasteiger partial charge < -0.3 is 14.8 Å². The fourth-order valence-electron chi connectivity index (χ4n) is 2.69. The van der Waals surface area contributed by atoms with Crippen LogP contribution in [0.3, 0.4) is 0 Å². The number of carbonyl (C=O) groups is 1. The molecule has 0 saturated carbocycles. The Morgan fingerprint density at radius 3 is 2.28 bits per heavy atom. The molecule has 7 nitrogen and oxygen atoms in total. The third-order valence-electron chi connectivity index (χ3n) is 4.28. The van der Waals surface area contributed by atoms with Crippen LogP contribution in [0.4, 0.5) is 11.4 Å². The summed E-state index contributed by atoms with van der Waals surface area (Å²) in [5, 5.41) is 3.38. The molecule has 0 aromatic heterocycles. The number of halogens is 1. The molecule has 168 valence electrons. The van der Waals surface area contributed by atoms with Gasteiger partial charge in [-0.3, -0.25) is 9.52 Å². The summed E-state index contributed by atoms with van der Waals surface area (Å²) in [6.45, 7) is 0. The summed E-state index contributed by atoms with van der Waals surface area (Å²) in [5.74, 6) is 0.841. The van der Waals surface area contributed by atoms with E-state index in [-0.39, 0.29) is 22.2 Å². The van der Waals surface area contributed by atoms with Crippen LogP contribution >= 0.6 is 23.4 Å². The van der Waals surface area contributed by atoms with Crippen molar-refractivity contribution in [3.8, 4) is 11.5 Å². The van der Waals surface area contributed by atoms with Crippen molar-refractivity contribution in [1.29, 1.82) is 0 Å². The van der Waals surface area contributed by atoms with Gasteiger partial charge in [0, 0.05) is 21.7 Å². The molecular formula is C22H21ClN2O5S2. The molecular weight excluding hydrogens is 472 g/mol. The van der Waals surface area contributed by atoms with Crippen LogP contribution in [0.1, 0.15) is 0 Å². The number of rotatable bonds is 9. The van der Waals surface area contributed by atoms with Gasteiger partial charge in [0.1, 0.15) is 11.5 Å². The number of methoxy groups -OCH3 is 2. The molecule has 0 radical (unpaired) electrons. The van der Waals surface area contributed by atoms with Crippen molar-refractivity contribution in [3.05, 3.63) is 71.8 Å². The van der Waals surface area contributed by atoms with E-state index in [9.17, 15) is 13.2 Å². The first-order valence-corrected chi connectivity index (χ1v) is 12.2. The number of ether oxygens (including phenoxy) is 2. The summed E-state index contributed by atoms with van der Waals surface area (Å²) in [6.07, 6.45) is 0. The molecule has 3 rings (SSSR count). The number of benzene rings is 3. The van der Waals surface area contributed by atoms with Crippen molar-refractivity contribution in [3.63, 3.8) is 0 Å². The Hall–Kier alpha value is -2.88. The molecule has 0 unspecified atom stereocenters. The van der Waals surface area contributed by atoms with Crippen LogP contribution in [0.15, 0.2) is 76.5 Å². The van der Waals surface area contributed by atoms with Gasteiger partial charge in [-0.2, -0.15) is 0 Å². The highest BCUT2D eigenvalue weighted by Crippen LogP contribution is 2.31. The Morgan fingerprint density at radius 1 is 0.969 bits per heavy atom. The molecule has 1 amide bonds. The van der Waals surface area contributed by atoms with Crippen LogP contribution in [-0.4, -0.2) is 34.3 Å². The summed E-state index contributed by atoms with van der Waals surface area (Å²) in [6, 6.07) is 17.9. The SMILES string of the molecule is COc1ccc(OC)c(NS(=O)(=O)c2ccc(NC(=O)CSc3ccc(Cl)cc3)cc2)c1. The van der Waals surface area contributed by atoms with Gasteiger partial charge in [0.15, 0.2) is 0 Å². The number of nitrogens with one attached hydrogen (secondary N) is 2. The van der Waals surface area contributed by atoms with Crippen LogP contribution in [0.5, 0.6) is 11.5 Å². The standard InChI is InChI=1S/C22H21ClN2O5S2/c1-29-17-7-12-21(30-2)20(13-17)25-32(27,28)19-10-5-16(6-11-19)24-22(26)14-31-18-8-3-15(23)4-9-18/h3-13,25H,14H2,1-2H3,(H,24,26). The van der Waals surface area contributed by atoms with E-state index in [2.05, 4.69) is 10.0 Å². The topological polar surface area (TPSA) is 93.7 Å². The molecule has 0 aliphatic rings. The molecule has 0 spiro atoms. The molecule has 10 heteroatoms. The average Bonchev–Trinajstić information content (AvgIpc) is 2.78. The molecule has 0 aliphatic heterocycles. The van der Waals surface area contributed by atoms with Crippen LogP contribution in [0.2, 0.25) is 5.02 Å². The summed E-state index contributed by atoms with van der Waals surface area (Å²) in [7, 11) is -0.945. The second-order valence-electron chi connectivity index (χ2n) is 6.49. The molecule has 0 saturated heterocycles. The van der Waals surface area contributed by atoms with Gasteiger partial charge in [-0.15, -0.1) is 11.8 Å². The maximum atomic E-state index is 12.8. The largest absolute Gasteiger partial charge is 0.497 e. The number of hydrogen-bond acceptors (Lipinski definition) is 6. The molecule has 0 aliphatic carbocycles. The van der Waals surface area contributed by atoms with E-state index in [1.165, 1.54) is 56.3 Å². The van der Waals surface area contributed by atoms with E-state index in [4.69, 9.17) is 21.1 Å². The van der Waals surface area contributed by atoms with Gasteiger partial charge >= 0.3 is 0 Å². The summed E-state index contributed by atoms with van der Waals surface area (Å²) in [4.78, 5) is 13.2. The fourth-order valence-corrected chi connectivity index (χ4v) is 4.58. The molecule has 3 aromatic rings. The normalized spacial score (nSPS) is 11.0. The second-order valence-corrected chi connectivity index (χ2v) is 9.65. The summed E-state index contributed by atoms with van der Waals surface area (Å²) in [5.41, 5.74) is 0.744. The number of hydrogen-bond donors (Lipinski definition) is 2. The third kappa shape index (κ3) is 6.32. The minimum atomic E-state index is -3.88. The van der Waals surface area contributed by atoms with E-state index in [0.29, 0.717) is 22.2 Å². The third-order valence-corrected chi connectivity index (χ3v) is 6.93. The van der Waals surface area contributed by atoms with E-state index >= 15 is 0 Å². The number of anilines is 2. The van der Waals surface area contributed by atoms with Crippen molar-refractivity contribution in [1.82, 2.24) is 0 Å². The Morgan fingerprint density at radius 2 is 1.66 bits per heavy atom. The smallest absolute Gasteiger partial charge is 0.262 e. The zero-order chi connectivity index (χ0) is 23.1. The highest BCUT2D eigenvalue weighted by atomic mass is 35.5. The quantitative estimate of drug-likeness (QED) is 0.413. The van der Waals surface area contributed by atoms with Gasteiger partial charge in [-0.05, 0) is 60.7 Å². The van der Waals surface area contributed by atoms with Crippen LogP contribution in [-0.2, 0) is 14.8 Å². The Kier molecular flexibility index (Phi) is 7.89. The lowest BCUT2D eigenvalue weighted by atomic mass is 10.3. The van der Waals surface area contributed by atoms with E-state index < -0.39 is 10.0 Å². The lowest BCUT2D eigenvalue weighted by Crippen LogP contribution is -2.15. The molecule has 3 aromatic carbocycles. The lowest BCUT2D eigenvalue weighted by Gasteiger charge is -2.13. The van der Waals surface area contributed by atoms with Gasteiger partial charge in [-0.25, -0.2) is 8.42 Å². The monoisotopic (exact) mass is 492 g/mol. The number of thioether (sulfide) groups is 1. The molecule has 0 fully saturated rings. The van der Waals surface area contributed by atoms with Crippen molar-refractivity contribution >= 4 is 50.7 Å². The van der Waals surface area contributed by atoms with Crippen molar-refractivity contribution < 1.29 is 22.7 Å². The predicted molar refractivity (Wildman–Crippen MR) is 128 cm³/mol. The number of amides is 1. The maximum Gasteiger partial charge on any atom is 0.262 e. The Balaban J connectivity index is 1.64. The summed E-state index contributed by atoms with van der Waals surface area (Å²) < 4.78 is 38.4. The molecule has 0 heterocycles. The molecule has 0 bridgehead atoms. The average molecular weight is 493 g/mol. The van der Waals surface area contributed by atoms with Gasteiger partial charge in [0.05, 0.1) is 30.6 Å². The number of sulfonamides is 1. The molecule has 2 N–H and O–H groups in total. The first kappa shape index (κ1) is 23.8. The zero-order valence-electron chi connectivity index (χ0n) is 17.3. The Bertz CT molecular complexity index is 1180. The minimum absolute atomic E-state index is 0.0379. The van der Waals surface area contributed by atoms with E-state index in [1.54, 1.807) is 24.3 Å². The first-order chi connectivity index (χ1) is 15.3. The first-order valence-electron chi connectivity index (χ1n) is 9.34. The van der Waals surface area contributed by atoms with Crippen molar-refractivity contribution in [2.24, 2.45) is 0 Å². The van der Waals surface area contributed by atoms with Gasteiger partial charge in [-0.1, -0.05) is 11.6 Å². The molecule has 0 atom stereocenters. The highest BCUT2D eigenvalue weighted by molar-refractivity contribution is 8.00. The Labute approximate surface area is 196 Å². The summed E-state index contributed by atoms with van der Waals surface area (Å²) >= 11 is 7.23. The van der Waals surface area contributed by atoms with E-state index in [0.717, 1.165) is 4.90 Å². The van der Waals surface area contributed by atoms with Crippen LogP contribution < -0.4 is 19.5 Å².